The highest BCUT2D eigenvalue weighted by Crippen LogP contribution is 2.39. The summed E-state index contributed by atoms with van der Waals surface area (Å²) in [6.07, 6.45) is 6.35. The van der Waals surface area contributed by atoms with Crippen LogP contribution in [-0.4, -0.2) is 38.9 Å². The van der Waals surface area contributed by atoms with Crippen LogP contribution in [-0.2, 0) is 11.8 Å². The summed E-state index contributed by atoms with van der Waals surface area (Å²) in [7, 11) is 1.59. The first-order valence-corrected chi connectivity index (χ1v) is 14.7. The fourth-order valence-electron chi connectivity index (χ4n) is 5.36. The maximum Gasteiger partial charge on any atom is 0.348 e. The molecule has 4 rings (SSSR count). The van der Waals surface area contributed by atoms with E-state index in [0.29, 0.717) is 48.0 Å². The van der Waals surface area contributed by atoms with Crippen LogP contribution in [0.4, 0.5) is 5.69 Å². The zero-order valence-electron chi connectivity index (χ0n) is 23.5. The van der Waals surface area contributed by atoms with Gasteiger partial charge in [0.05, 0.1) is 10.6 Å². The summed E-state index contributed by atoms with van der Waals surface area (Å²) in [6, 6.07) is 4.69. The third kappa shape index (κ3) is 7.30. The van der Waals surface area contributed by atoms with Gasteiger partial charge in [-0.25, -0.2) is 9.48 Å². The maximum atomic E-state index is 14.1. The predicted octanol–water partition coefficient (Wildman–Crippen LogP) is 5.49. The largest absolute Gasteiger partial charge is 0.477 e. The predicted molar refractivity (Wildman–Crippen MR) is 152 cm³/mol. The first-order chi connectivity index (χ1) is 18.4. The molecule has 0 bridgehead atoms. The quantitative estimate of drug-likeness (QED) is 0.475. The van der Waals surface area contributed by atoms with Crippen LogP contribution in [0.1, 0.15) is 93.6 Å². The van der Waals surface area contributed by atoms with Crippen molar-refractivity contribution in [1.82, 2.24) is 9.78 Å². The van der Waals surface area contributed by atoms with Gasteiger partial charge in [-0.2, -0.15) is 0 Å². The molecule has 2 aliphatic carbocycles. The van der Waals surface area contributed by atoms with Gasteiger partial charge in [0, 0.05) is 36.6 Å². The Morgan fingerprint density at radius 1 is 1.10 bits per heavy atom. The van der Waals surface area contributed by atoms with E-state index in [2.05, 4.69) is 23.9 Å². The van der Waals surface area contributed by atoms with Crippen molar-refractivity contribution in [3.05, 3.63) is 38.3 Å². The number of carboxylic acids is 1. The Bertz CT molecular complexity index is 1310. The number of hydrogen-bond acceptors (Lipinski definition) is 6. The van der Waals surface area contributed by atoms with Crippen LogP contribution >= 0.6 is 11.3 Å². The van der Waals surface area contributed by atoms with E-state index in [-0.39, 0.29) is 39.8 Å². The number of carboxylic acid groups (broad SMARTS) is 1. The van der Waals surface area contributed by atoms with Crippen molar-refractivity contribution in [2.45, 2.75) is 91.2 Å². The van der Waals surface area contributed by atoms with Crippen molar-refractivity contribution in [3.8, 4) is 17.7 Å². The van der Waals surface area contributed by atoms with Crippen LogP contribution in [0.2, 0.25) is 0 Å². The number of rotatable bonds is 6. The first-order valence-electron chi connectivity index (χ1n) is 13.9. The zero-order chi connectivity index (χ0) is 28.3. The second kappa shape index (κ2) is 12.0. The average molecular weight is 554 g/mol. The molecule has 9 heteroatoms. The first kappa shape index (κ1) is 28.9. The molecule has 0 radical (unpaired) electrons. The third-order valence-electron chi connectivity index (χ3n) is 7.56. The average Bonchev–Trinajstić information content (AvgIpc) is 3.30. The highest BCUT2D eigenvalue weighted by molar-refractivity contribution is 7.15. The molecular weight excluding hydrogens is 514 g/mol. The lowest BCUT2D eigenvalue weighted by Crippen LogP contribution is -2.47. The number of carbonyl (C=O) groups excluding carboxylic acids is 1. The van der Waals surface area contributed by atoms with Crippen LogP contribution < -0.4 is 15.2 Å². The summed E-state index contributed by atoms with van der Waals surface area (Å²) in [4.78, 5) is 40.7. The van der Waals surface area contributed by atoms with E-state index in [1.54, 1.807) is 24.1 Å². The minimum atomic E-state index is -1.04. The van der Waals surface area contributed by atoms with Gasteiger partial charge in [-0.15, -0.1) is 16.4 Å². The van der Waals surface area contributed by atoms with Crippen molar-refractivity contribution in [1.29, 1.82) is 0 Å². The Morgan fingerprint density at radius 3 is 2.36 bits per heavy atom. The Labute approximate surface area is 234 Å². The van der Waals surface area contributed by atoms with Gasteiger partial charge in [0.1, 0.15) is 11.0 Å². The van der Waals surface area contributed by atoms with Crippen LogP contribution in [0.3, 0.4) is 0 Å². The lowest BCUT2D eigenvalue weighted by molar-refractivity contribution is -0.124. The summed E-state index contributed by atoms with van der Waals surface area (Å²) in [6.45, 7) is 8.26. The fraction of sp³-hybridized carbons (Fsp3) is 0.600. The number of nitrogens with zero attached hydrogens (tertiary/aromatic N) is 3. The van der Waals surface area contributed by atoms with Gasteiger partial charge in [0.2, 0.25) is 11.8 Å². The minimum absolute atomic E-state index is 0.0293. The monoisotopic (exact) mass is 553 g/mol. The lowest BCUT2D eigenvalue weighted by atomic mass is 9.81. The van der Waals surface area contributed by atoms with Gasteiger partial charge >= 0.3 is 5.97 Å². The molecule has 1 amide bonds. The van der Waals surface area contributed by atoms with Gasteiger partial charge in [0.15, 0.2) is 0 Å². The number of thiophene rings is 1. The molecule has 2 aromatic heterocycles. The molecule has 0 aromatic carbocycles. The molecule has 1 N–H and O–H groups in total. The molecule has 0 unspecified atom stereocenters. The van der Waals surface area contributed by atoms with Gasteiger partial charge in [-0.3, -0.25) is 9.59 Å². The topological polar surface area (TPSA) is 102 Å². The Morgan fingerprint density at radius 2 is 1.77 bits per heavy atom. The Kier molecular flexibility index (Phi) is 8.85. The van der Waals surface area contributed by atoms with E-state index in [4.69, 9.17) is 4.74 Å². The SMILES string of the molecule is CC1CCC(C(=O)N(c2cc(C#CC(C)(C)C)sc2C(=O)O)[C@H]2CC[C@@H](Oc3ccc(=O)n(C)n3)CC2)CC1. The number of aryl methyl sites for hydroxylation is 1. The maximum absolute atomic E-state index is 14.1. The molecule has 2 saturated carbocycles. The van der Waals surface area contributed by atoms with Gasteiger partial charge < -0.3 is 14.7 Å². The molecule has 0 saturated heterocycles. The van der Waals surface area contributed by atoms with Crippen LogP contribution in [0.5, 0.6) is 5.88 Å². The minimum Gasteiger partial charge on any atom is -0.477 e. The second-order valence-corrected chi connectivity index (χ2v) is 13.0. The van der Waals surface area contributed by atoms with Crippen molar-refractivity contribution in [2.24, 2.45) is 24.3 Å². The van der Waals surface area contributed by atoms with Crippen molar-refractivity contribution >= 4 is 28.9 Å². The van der Waals surface area contributed by atoms with E-state index in [1.165, 1.54) is 10.7 Å². The summed E-state index contributed by atoms with van der Waals surface area (Å²) < 4.78 is 7.31. The van der Waals surface area contributed by atoms with Crippen molar-refractivity contribution < 1.29 is 19.4 Å². The molecule has 0 spiro atoms. The molecule has 2 heterocycles. The Hall–Kier alpha value is -3.12. The number of hydrogen-bond donors (Lipinski definition) is 1. The van der Waals surface area contributed by atoms with Gasteiger partial charge in [-0.05, 0) is 84.1 Å². The number of aromatic nitrogens is 2. The normalized spacial score (nSPS) is 23.4. The van der Waals surface area contributed by atoms with E-state index in [1.807, 2.05) is 20.8 Å². The standard InChI is InChI=1S/C30H39N3O5S/c1-19-6-8-20(9-7-19)28(35)33(24-18-23(16-17-30(2,3)4)39-27(24)29(36)37)21-10-12-22(13-11-21)38-25-14-15-26(34)32(5)31-25/h14-15,18-22H,6-13H2,1-5H3,(H,36,37)/t19?,20?,21-,22+. The molecule has 2 fully saturated rings. The van der Waals surface area contributed by atoms with Crippen LogP contribution in [0.15, 0.2) is 23.0 Å². The van der Waals surface area contributed by atoms with Crippen LogP contribution in [0.25, 0.3) is 0 Å². The number of aromatic carboxylic acids is 1. The highest BCUT2D eigenvalue weighted by atomic mass is 32.1. The van der Waals surface area contributed by atoms with Crippen molar-refractivity contribution in [3.63, 3.8) is 0 Å². The van der Waals surface area contributed by atoms with Crippen molar-refractivity contribution in [2.75, 3.05) is 4.90 Å². The van der Waals surface area contributed by atoms with E-state index < -0.39 is 5.97 Å². The summed E-state index contributed by atoms with van der Waals surface area (Å²) in [5.41, 5.74) is 0.0486. The molecule has 8 nitrogen and oxygen atoms in total. The Balaban J connectivity index is 1.60. The number of carbonyl (C=O) groups is 2. The smallest absolute Gasteiger partial charge is 0.348 e. The van der Waals surface area contributed by atoms with E-state index in [9.17, 15) is 19.5 Å². The lowest BCUT2D eigenvalue weighted by Gasteiger charge is -2.39. The zero-order valence-corrected chi connectivity index (χ0v) is 24.3. The van der Waals surface area contributed by atoms with E-state index >= 15 is 0 Å². The number of anilines is 1. The van der Waals surface area contributed by atoms with E-state index in [0.717, 1.165) is 37.0 Å². The molecule has 2 aliphatic rings. The van der Waals surface area contributed by atoms with Gasteiger partial charge in [-0.1, -0.05) is 18.8 Å². The molecule has 0 aliphatic heterocycles. The molecule has 210 valence electrons. The summed E-state index contributed by atoms with van der Waals surface area (Å²) in [5.74, 6) is 6.23. The summed E-state index contributed by atoms with van der Waals surface area (Å²) >= 11 is 1.14. The third-order valence-corrected chi connectivity index (χ3v) is 8.59. The summed E-state index contributed by atoms with van der Waals surface area (Å²) in [5, 5.41) is 14.3. The second-order valence-electron chi connectivity index (χ2n) is 12.0. The highest BCUT2D eigenvalue weighted by Gasteiger charge is 2.38. The number of ether oxygens (including phenoxy) is 1. The molecule has 2 aromatic rings. The fourth-order valence-corrected chi connectivity index (χ4v) is 6.20. The molecular formula is C30H39N3O5S. The van der Waals surface area contributed by atoms with Crippen LogP contribution in [0, 0.1) is 29.1 Å². The van der Waals surface area contributed by atoms with Gasteiger partial charge in [0.25, 0.3) is 5.56 Å². The number of amides is 1. The molecule has 39 heavy (non-hydrogen) atoms. The molecule has 0 atom stereocenters.